The van der Waals surface area contributed by atoms with Gasteiger partial charge in [0.25, 0.3) is 5.91 Å². The molecule has 2 aromatic heterocycles. The Morgan fingerprint density at radius 3 is 2.68 bits per heavy atom. The third kappa shape index (κ3) is 3.72. The molecule has 0 bridgehead atoms. The standard InChI is InChI=1S/C19H17ClN4O3S/c1-11(15-10-22-18(28(3,26)27)7-13(15)9-21)23-19(25)17-6-12-4-5-14(20)8-16(12)24(17)2/h4-8,10-11H,1-3H3,(H,23,25). The van der Waals surface area contributed by atoms with Gasteiger partial charge in [-0.15, -0.1) is 0 Å². The molecular weight excluding hydrogens is 400 g/mol. The zero-order valence-corrected chi connectivity index (χ0v) is 17.0. The number of halogens is 1. The lowest BCUT2D eigenvalue weighted by Gasteiger charge is -2.16. The molecule has 1 N–H and O–H groups in total. The van der Waals surface area contributed by atoms with Crippen molar-refractivity contribution in [3.05, 3.63) is 58.4 Å². The number of nitriles is 1. The first kappa shape index (κ1) is 19.9. The van der Waals surface area contributed by atoms with E-state index in [2.05, 4.69) is 10.3 Å². The predicted octanol–water partition coefficient (Wildman–Crippen LogP) is 2.99. The van der Waals surface area contributed by atoms with Gasteiger partial charge in [-0.25, -0.2) is 13.4 Å². The second kappa shape index (κ2) is 7.26. The molecule has 3 aromatic rings. The molecule has 0 aliphatic carbocycles. The lowest BCUT2D eigenvalue weighted by molar-refractivity contribution is 0.0932. The fourth-order valence-corrected chi connectivity index (χ4v) is 3.70. The quantitative estimate of drug-likeness (QED) is 0.703. The molecule has 0 saturated heterocycles. The van der Waals surface area contributed by atoms with Crippen molar-refractivity contribution in [3.8, 4) is 6.07 Å². The summed E-state index contributed by atoms with van der Waals surface area (Å²) in [4.78, 5) is 16.7. The topological polar surface area (TPSA) is 105 Å². The van der Waals surface area contributed by atoms with Gasteiger partial charge in [0, 0.05) is 41.0 Å². The molecule has 3 rings (SSSR count). The van der Waals surface area contributed by atoms with E-state index in [0.29, 0.717) is 16.3 Å². The molecule has 0 fully saturated rings. The molecule has 0 spiro atoms. The predicted molar refractivity (Wildman–Crippen MR) is 106 cm³/mol. The molecule has 0 saturated carbocycles. The van der Waals surface area contributed by atoms with Crippen LogP contribution in [0.1, 0.15) is 34.6 Å². The summed E-state index contributed by atoms with van der Waals surface area (Å²) in [5.41, 5.74) is 1.84. The average molecular weight is 417 g/mol. The second-order valence-electron chi connectivity index (χ2n) is 6.48. The molecule has 2 heterocycles. The molecule has 1 atom stereocenters. The van der Waals surface area contributed by atoms with Gasteiger partial charge in [0.1, 0.15) is 5.69 Å². The molecule has 1 amide bonds. The zero-order valence-electron chi connectivity index (χ0n) is 15.4. The van der Waals surface area contributed by atoms with Crippen LogP contribution in [0, 0.1) is 11.3 Å². The Bertz CT molecular complexity index is 1240. The highest BCUT2D eigenvalue weighted by atomic mass is 35.5. The average Bonchev–Trinajstić information content (AvgIpc) is 2.96. The van der Waals surface area contributed by atoms with Gasteiger partial charge in [-0.1, -0.05) is 17.7 Å². The summed E-state index contributed by atoms with van der Waals surface area (Å²) in [6, 6.07) is 9.74. The number of carbonyl (C=O) groups excluding carboxylic acids is 1. The Morgan fingerprint density at radius 2 is 2.04 bits per heavy atom. The Morgan fingerprint density at radius 1 is 1.32 bits per heavy atom. The first-order chi connectivity index (χ1) is 13.1. The van der Waals surface area contributed by atoms with Crippen molar-refractivity contribution in [1.82, 2.24) is 14.9 Å². The van der Waals surface area contributed by atoms with Crippen molar-refractivity contribution >= 4 is 38.2 Å². The van der Waals surface area contributed by atoms with Crippen molar-refractivity contribution in [2.75, 3.05) is 6.26 Å². The summed E-state index contributed by atoms with van der Waals surface area (Å²) in [5.74, 6) is -0.335. The number of pyridine rings is 1. The van der Waals surface area contributed by atoms with E-state index in [9.17, 15) is 18.5 Å². The van der Waals surface area contributed by atoms with E-state index in [1.807, 2.05) is 12.1 Å². The van der Waals surface area contributed by atoms with E-state index in [1.54, 1.807) is 36.7 Å². The fraction of sp³-hybridized carbons (Fsp3) is 0.211. The number of hydrogen-bond donors (Lipinski definition) is 1. The van der Waals surface area contributed by atoms with Gasteiger partial charge in [0.05, 0.1) is 17.7 Å². The summed E-state index contributed by atoms with van der Waals surface area (Å²) in [7, 11) is -1.77. The minimum absolute atomic E-state index is 0.145. The van der Waals surface area contributed by atoms with Gasteiger partial charge in [-0.3, -0.25) is 4.79 Å². The monoisotopic (exact) mass is 416 g/mol. The number of benzene rings is 1. The van der Waals surface area contributed by atoms with Crippen LogP contribution in [0.25, 0.3) is 10.9 Å². The summed E-state index contributed by atoms with van der Waals surface area (Å²) in [6.45, 7) is 1.70. The minimum Gasteiger partial charge on any atom is -0.344 e. The highest BCUT2D eigenvalue weighted by molar-refractivity contribution is 7.90. The SMILES string of the molecule is CC(NC(=O)c1cc2ccc(Cl)cc2n1C)c1cnc(S(C)(=O)=O)cc1C#N. The molecule has 0 aliphatic heterocycles. The van der Waals surface area contributed by atoms with E-state index in [-0.39, 0.29) is 16.5 Å². The third-order valence-corrected chi connectivity index (χ3v) is 5.68. The smallest absolute Gasteiger partial charge is 0.268 e. The maximum absolute atomic E-state index is 12.8. The van der Waals surface area contributed by atoms with Crippen molar-refractivity contribution < 1.29 is 13.2 Å². The van der Waals surface area contributed by atoms with Gasteiger partial charge in [0.15, 0.2) is 14.9 Å². The van der Waals surface area contributed by atoms with Crippen molar-refractivity contribution in [2.45, 2.75) is 18.0 Å². The lowest BCUT2D eigenvalue weighted by atomic mass is 10.1. The Kier molecular flexibility index (Phi) is 5.15. The number of aryl methyl sites for hydroxylation is 1. The Labute approximate surface area is 167 Å². The summed E-state index contributed by atoms with van der Waals surface area (Å²) in [6.07, 6.45) is 2.33. The second-order valence-corrected chi connectivity index (χ2v) is 8.88. The maximum atomic E-state index is 12.8. The number of nitrogens with zero attached hydrogens (tertiary/aromatic N) is 3. The molecule has 7 nitrogen and oxygen atoms in total. The fourth-order valence-electron chi connectivity index (χ4n) is 2.96. The molecule has 0 radical (unpaired) electrons. The molecule has 28 heavy (non-hydrogen) atoms. The van der Waals surface area contributed by atoms with Gasteiger partial charge in [-0.05, 0) is 31.2 Å². The van der Waals surface area contributed by atoms with Crippen LogP contribution < -0.4 is 5.32 Å². The Balaban J connectivity index is 1.91. The van der Waals surface area contributed by atoms with Crippen molar-refractivity contribution in [3.63, 3.8) is 0 Å². The van der Waals surface area contributed by atoms with Crippen LogP contribution in [0.3, 0.4) is 0 Å². The van der Waals surface area contributed by atoms with Crippen LogP contribution in [0.5, 0.6) is 0 Å². The van der Waals surface area contributed by atoms with Gasteiger partial charge in [0.2, 0.25) is 0 Å². The number of rotatable bonds is 4. The maximum Gasteiger partial charge on any atom is 0.268 e. The van der Waals surface area contributed by atoms with Crippen LogP contribution in [0.15, 0.2) is 41.6 Å². The van der Waals surface area contributed by atoms with Gasteiger partial charge in [-0.2, -0.15) is 5.26 Å². The number of nitrogens with one attached hydrogen (secondary N) is 1. The number of amides is 1. The number of carbonyl (C=O) groups is 1. The first-order valence-electron chi connectivity index (χ1n) is 8.27. The number of aromatic nitrogens is 2. The minimum atomic E-state index is -3.53. The summed E-state index contributed by atoms with van der Waals surface area (Å²) >= 11 is 6.03. The molecular formula is C19H17ClN4O3S. The van der Waals surface area contributed by atoms with E-state index in [0.717, 1.165) is 17.2 Å². The van der Waals surface area contributed by atoms with E-state index in [1.165, 1.54) is 12.3 Å². The van der Waals surface area contributed by atoms with Crippen LogP contribution >= 0.6 is 11.6 Å². The Hall–Kier alpha value is -2.89. The number of hydrogen-bond acceptors (Lipinski definition) is 5. The number of sulfone groups is 1. The number of fused-ring (bicyclic) bond motifs is 1. The summed E-state index contributed by atoms with van der Waals surface area (Å²) in [5, 5.41) is 13.5. The van der Waals surface area contributed by atoms with E-state index in [4.69, 9.17) is 11.6 Å². The van der Waals surface area contributed by atoms with Gasteiger partial charge >= 0.3 is 0 Å². The van der Waals surface area contributed by atoms with Gasteiger partial charge < -0.3 is 9.88 Å². The highest BCUT2D eigenvalue weighted by Crippen LogP contribution is 2.24. The molecule has 1 unspecified atom stereocenters. The third-order valence-electron chi connectivity index (χ3n) is 4.46. The molecule has 1 aromatic carbocycles. The molecule has 9 heteroatoms. The van der Waals surface area contributed by atoms with E-state index >= 15 is 0 Å². The zero-order chi connectivity index (χ0) is 20.6. The largest absolute Gasteiger partial charge is 0.344 e. The summed E-state index contributed by atoms with van der Waals surface area (Å²) < 4.78 is 25.0. The van der Waals surface area contributed by atoms with Crippen LogP contribution in [-0.2, 0) is 16.9 Å². The normalized spacial score (nSPS) is 12.5. The lowest BCUT2D eigenvalue weighted by Crippen LogP contribution is -2.28. The van der Waals surface area contributed by atoms with Crippen molar-refractivity contribution in [2.24, 2.45) is 7.05 Å². The van der Waals surface area contributed by atoms with Crippen LogP contribution in [0.2, 0.25) is 5.02 Å². The molecule has 144 valence electrons. The highest BCUT2D eigenvalue weighted by Gasteiger charge is 2.20. The molecule has 0 aliphatic rings. The van der Waals surface area contributed by atoms with E-state index < -0.39 is 15.9 Å². The van der Waals surface area contributed by atoms with Crippen LogP contribution in [-0.4, -0.2) is 30.1 Å². The van der Waals surface area contributed by atoms with Crippen LogP contribution in [0.4, 0.5) is 0 Å². The first-order valence-corrected chi connectivity index (χ1v) is 10.5. The van der Waals surface area contributed by atoms with Crippen molar-refractivity contribution in [1.29, 1.82) is 5.26 Å².